The molecule has 0 aliphatic carbocycles. The van der Waals surface area contributed by atoms with Crippen LogP contribution in [0.4, 0.5) is 0 Å². The molecule has 0 radical (unpaired) electrons. The Bertz CT molecular complexity index is 293. The summed E-state index contributed by atoms with van der Waals surface area (Å²) in [4.78, 5) is 4.25. The van der Waals surface area contributed by atoms with Gasteiger partial charge in [0.15, 0.2) is 0 Å². The van der Waals surface area contributed by atoms with Crippen LogP contribution in [0.1, 0.15) is 24.8 Å². The normalized spacial score (nSPS) is 25.2. The zero-order valence-electron chi connectivity index (χ0n) is 8.63. The molecular formula is C9H17Cl2N3O. The fraction of sp³-hybridized carbons (Fsp3) is 0.667. The van der Waals surface area contributed by atoms with E-state index < -0.39 is 0 Å². The SMILES string of the molecule is Cl.Cl.Cn1ccnc1[C@H]1OCCC[C@@H]1N. The van der Waals surface area contributed by atoms with Crippen molar-refractivity contribution in [2.45, 2.75) is 25.0 Å². The molecule has 2 N–H and O–H groups in total. The molecule has 1 aliphatic heterocycles. The summed E-state index contributed by atoms with van der Waals surface area (Å²) in [6.45, 7) is 0.797. The minimum atomic E-state index is -0.0197. The minimum absolute atomic E-state index is 0. The van der Waals surface area contributed by atoms with Crippen molar-refractivity contribution in [3.63, 3.8) is 0 Å². The number of nitrogens with two attached hydrogens (primary N) is 1. The van der Waals surface area contributed by atoms with Crippen LogP contribution in [0.3, 0.4) is 0 Å². The van der Waals surface area contributed by atoms with Crippen molar-refractivity contribution >= 4 is 24.8 Å². The van der Waals surface area contributed by atoms with Crippen molar-refractivity contribution in [3.05, 3.63) is 18.2 Å². The van der Waals surface area contributed by atoms with Gasteiger partial charge in [-0.15, -0.1) is 24.8 Å². The molecule has 1 fully saturated rings. The molecule has 1 aliphatic rings. The van der Waals surface area contributed by atoms with E-state index in [1.807, 2.05) is 17.8 Å². The first-order valence-corrected chi connectivity index (χ1v) is 4.63. The van der Waals surface area contributed by atoms with Gasteiger partial charge in [-0.3, -0.25) is 0 Å². The second-order valence-electron chi connectivity index (χ2n) is 3.49. The summed E-state index contributed by atoms with van der Waals surface area (Å²) in [5.74, 6) is 0.937. The molecule has 0 amide bonds. The summed E-state index contributed by atoms with van der Waals surface area (Å²) in [5, 5.41) is 0. The minimum Gasteiger partial charge on any atom is -0.369 e. The van der Waals surface area contributed by atoms with Crippen LogP contribution in [0.2, 0.25) is 0 Å². The van der Waals surface area contributed by atoms with E-state index in [9.17, 15) is 0 Å². The monoisotopic (exact) mass is 253 g/mol. The van der Waals surface area contributed by atoms with Crippen molar-refractivity contribution in [3.8, 4) is 0 Å². The number of imidazole rings is 1. The summed E-state index contributed by atoms with van der Waals surface area (Å²) in [6, 6.07) is 0.0925. The van der Waals surface area contributed by atoms with Gasteiger partial charge in [0, 0.05) is 32.1 Å². The molecule has 6 heteroatoms. The Morgan fingerprint density at radius 3 is 2.80 bits per heavy atom. The summed E-state index contributed by atoms with van der Waals surface area (Å²) in [6.07, 6.45) is 5.76. The molecule has 4 nitrogen and oxygen atoms in total. The molecule has 88 valence electrons. The smallest absolute Gasteiger partial charge is 0.139 e. The molecule has 15 heavy (non-hydrogen) atoms. The Labute approximate surface area is 102 Å². The van der Waals surface area contributed by atoms with Gasteiger partial charge in [-0.25, -0.2) is 4.98 Å². The largest absolute Gasteiger partial charge is 0.369 e. The molecular weight excluding hydrogens is 237 g/mol. The number of aryl methyl sites for hydroxylation is 1. The molecule has 0 bridgehead atoms. The van der Waals surface area contributed by atoms with Gasteiger partial charge >= 0.3 is 0 Å². The second kappa shape index (κ2) is 6.33. The van der Waals surface area contributed by atoms with E-state index in [-0.39, 0.29) is 37.0 Å². The fourth-order valence-corrected chi connectivity index (χ4v) is 1.72. The Morgan fingerprint density at radius 1 is 1.53 bits per heavy atom. The van der Waals surface area contributed by atoms with Crippen LogP contribution >= 0.6 is 24.8 Å². The molecule has 2 heterocycles. The predicted octanol–water partition coefficient (Wildman–Crippen LogP) is 1.44. The first kappa shape index (κ1) is 14.7. The Balaban J connectivity index is 0.000000980. The lowest BCUT2D eigenvalue weighted by Gasteiger charge is -2.28. The third kappa shape index (κ3) is 3.08. The fourth-order valence-electron chi connectivity index (χ4n) is 1.72. The van der Waals surface area contributed by atoms with Crippen molar-refractivity contribution in [1.29, 1.82) is 0 Å². The lowest BCUT2D eigenvalue weighted by atomic mass is 10.0. The highest BCUT2D eigenvalue weighted by atomic mass is 35.5. The molecule has 1 saturated heterocycles. The Morgan fingerprint density at radius 2 is 2.27 bits per heavy atom. The molecule has 1 aromatic rings. The first-order valence-electron chi connectivity index (χ1n) is 4.63. The number of hydrogen-bond donors (Lipinski definition) is 1. The molecule has 0 unspecified atom stereocenters. The van der Waals surface area contributed by atoms with Gasteiger partial charge in [0.25, 0.3) is 0 Å². The van der Waals surface area contributed by atoms with Crippen molar-refractivity contribution < 1.29 is 4.74 Å². The van der Waals surface area contributed by atoms with Crippen LogP contribution < -0.4 is 5.73 Å². The van der Waals surface area contributed by atoms with Crippen LogP contribution in [0.15, 0.2) is 12.4 Å². The van der Waals surface area contributed by atoms with E-state index in [0.717, 1.165) is 25.3 Å². The van der Waals surface area contributed by atoms with Crippen molar-refractivity contribution in [1.82, 2.24) is 9.55 Å². The summed E-state index contributed by atoms with van der Waals surface area (Å²) in [5.41, 5.74) is 5.96. The second-order valence-corrected chi connectivity index (χ2v) is 3.49. The predicted molar refractivity (Wildman–Crippen MR) is 63.6 cm³/mol. The van der Waals surface area contributed by atoms with Crippen LogP contribution in [-0.4, -0.2) is 22.2 Å². The van der Waals surface area contributed by atoms with E-state index in [0.29, 0.717) is 0 Å². The van der Waals surface area contributed by atoms with Crippen LogP contribution in [-0.2, 0) is 11.8 Å². The zero-order valence-corrected chi connectivity index (χ0v) is 10.3. The summed E-state index contributed by atoms with van der Waals surface area (Å²) < 4.78 is 7.58. The lowest BCUT2D eigenvalue weighted by Crippen LogP contribution is -2.35. The van der Waals surface area contributed by atoms with Gasteiger partial charge < -0.3 is 15.0 Å². The third-order valence-electron chi connectivity index (χ3n) is 2.48. The third-order valence-corrected chi connectivity index (χ3v) is 2.48. The summed E-state index contributed by atoms with van der Waals surface area (Å²) >= 11 is 0. The van der Waals surface area contributed by atoms with E-state index >= 15 is 0 Å². The standard InChI is InChI=1S/C9H15N3O.2ClH/c1-12-5-4-11-9(12)8-7(10)3-2-6-13-8;;/h4-5,7-8H,2-3,6,10H2,1H3;2*1H/t7-,8-;;/m0../s1. The number of nitrogens with zero attached hydrogens (tertiary/aromatic N) is 2. The zero-order chi connectivity index (χ0) is 9.26. The van der Waals surface area contributed by atoms with Gasteiger partial charge in [0.05, 0.1) is 0 Å². The molecule has 2 rings (SSSR count). The van der Waals surface area contributed by atoms with E-state index in [1.165, 1.54) is 0 Å². The van der Waals surface area contributed by atoms with Crippen LogP contribution in [0.25, 0.3) is 0 Å². The highest BCUT2D eigenvalue weighted by molar-refractivity contribution is 5.85. The quantitative estimate of drug-likeness (QED) is 0.825. The number of halogens is 2. The van der Waals surface area contributed by atoms with E-state index in [1.54, 1.807) is 6.20 Å². The van der Waals surface area contributed by atoms with Gasteiger partial charge in [0.1, 0.15) is 11.9 Å². The number of hydrogen-bond acceptors (Lipinski definition) is 3. The molecule has 2 atom stereocenters. The first-order chi connectivity index (χ1) is 6.29. The highest BCUT2D eigenvalue weighted by Crippen LogP contribution is 2.25. The van der Waals surface area contributed by atoms with Crippen molar-refractivity contribution in [2.24, 2.45) is 12.8 Å². The van der Waals surface area contributed by atoms with E-state index in [4.69, 9.17) is 10.5 Å². The van der Waals surface area contributed by atoms with E-state index in [2.05, 4.69) is 4.98 Å². The number of rotatable bonds is 1. The Hall–Kier alpha value is -0.290. The lowest BCUT2D eigenvalue weighted by molar-refractivity contribution is -0.00670. The van der Waals surface area contributed by atoms with Crippen LogP contribution in [0.5, 0.6) is 0 Å². The Kier molecular flexibility index (Phi) is 6.20. The number of aromatic nitrogens is 2. The van der Waals surface area contributed by atoms with Crippen molar-refractivity contribution in [2.75, 3.05) is 6.61 Å². The maximum absolute atomic E-state index is 5.96. The molecule has 1 aromatic heterocycles. The molecule has 0 aromatic carbocycles. The highest BCUT2D eigenvalue weighted by Gasteiger charge is 2.26. The summed E-state index contributed by atoms with van der Waals surface area (Å²) in [7, 11) is 1.97. The van der Waals surface area contributed by atoms with Gasteiger partial charge in [0.2, 0.25) is 0 Å². The topological polar surface area (TPSA) is 53.1 Å². The van der Waals surface area contributed by atoms with Crippen LogP contribution in [0, 0.1) is 0 Å². The van der Waals surface area contributed by atoms with Gasteiger partial charge in [-0.05, 0) is 12.8 Å². The van der Waals surface area contributed by atoms with Gasteiger partial charge in [-0.1, -0.05) is 0 Å². The average molecular weight is 254 g/mol. The maximum Gasteiger partial charge on any atom is 0.139 e. The average Bonchev–Trinajstić information content (AvgIpc) is 2.52. The van der Waals surface area contributed by atoms with Gasteiger partial charge in [-0.2, -0.15) is 0 Å². The maximum atomic E-state index is 5.96. The number of ether oxygens (including phenoxy) is 1. The molecule has 0 saturated carbocycles. The molecule has 0 spiro atoms.